The molecule has 1 aliphatic rings. The van der Waals surface area contributed by atoms with E-state index in [0.717, 1.165) is 13.0 Å². The van der Waals surface area contributed by atoms with E-state index in [1.807, 2.05) is 6.92 Å². The highest BCUT2D eigenvalue weighted by Gasteiger charge is 2.32. The first kappa shape index (κ1) is 16.4. The van der Waals surface area contributed by atoms with E-state index < -0.39 is 5.54 Å². The van der Waals surface area contributed by atoms with Gasteiger partial charge in [-0.1, -0.05) is 13.8 Å². The molecule has 4 nitrogen and oxygen atoms in total. The van der Waals surface area contributed by atoms with E-state index in [0.29, 0.717) is 11.5 Å². The summed E-state index contributed by atoms with van der Waals surface area (Å²) in [5, 5.41) is 3.05. The summed E-state index contributed by atoms with van der Waals surface area (Å²) in [4.78, 5) is 13.9. The number of hydrogen-bond acceptors (Lipinski definition) is 3. The van der Waals surface area contributed by atoms with Crippen LogP contribution in [0.3, 0.4) is 0 Å². The van der Waals surface area contributed by atoms with E-state index in [2.05, 4.69) is 31.1 Å². The Balaban J connectivity index is 2.44. The minimum Gasteiger partial charge on any atom is -0.368 e. The fourth-order valence-electron chi connectivity index (χ4n) is 2.78. The number of rotatable bonds is 6. The highest BCUT2D eigenvalue weighted by molar-refractivity contribution is 5.84. The maximum absolute atomic E-state index is 11.5. The van der Waals surface area contributed by atoms with Crippen LogP contribution in [0.25, 0.3) is 0 Å². The predicted octanol–water partition coefficient (Wildman–Crippen LogP) is 1.74. The van der Waals surface area contributed by atoms with Gasteiger partial charge >= 0.3 is 0 Å². The summed E-state index contributed by atoms with van der Waals surface area (Å²) in [6.45, 7) is 7.50. The molecule has 1 rings (SSSR count). The van der Waals surface area contributed by atoms with Crippen molar-refractivity contribution in [3.8, 4) is 0 Å². The molecule has 0 radical (unpaired) electrons. The van der Waals surface area contributed by atoms with Crippen LogP contribution in [0.4, 0.5) is 0 Å². The molecule has 1 fully saturated rings. The molecule has 0 aromatic carbocycles. The molecule has 1 atom stereocenters. The van der Waals surface area contributed by atoms with E-state index in [-0.39, 0.29) is 5.91 Å². The summed E-state index contributed by atoms with van der Waals surface area (Å²) >= 11 is 0. The van der Waals surface area contributed by atoms with Crippen molar-refractivity contribution in [1.29, 1.82) is 0 Å². The molecule has 3 N–H and O–H groups in total. The number of nitrogens with two attached hydrogens (primary N) is 1. The molecule has 1 saturated carbocycles. The van der Waals surface area contributed by atoms with Gasteiger partial charge in [0.25, 0.3) is 0 Å². The van der Waals surface area contributed by atoms with E-state index in [1.54, 1.807) is 7.05 Å². The minimum absolute atomic E-state index is 0.270. The van der Waals surface area contributed by atoms with Crippen LogP contribution in [0.1, 0.15) is 52.9 Å². The first-order valence-corrected chi connectivity index (χ1v) is 7.39. The van der Waals surface area contributed by atoms with E-state index in [4.69, 9.17) is 5.73 Å². The highest BCUT2D eigenvalue weighted by atomic mass is 16.1. The van der Waals surface area contributed by atoms with Crippen LogP contribution in [-0.2, 0) is 4.79 Å². The average molecular weight is 269 g/mol. The van der Waals surface area contributed by atoms with Gasteiger partial charge in [0, 0.05) is 12.6 Å². The molecule has 0 aromatic heterocycles. The average Bonchev–Trinajstić information content (AvgIpc) is 2.35. The second kappa shape index (κ2) is 6.23. The number of hydrogen-bond donors (Lipinski definition) is 2. The lowest BCUT2D eigenvalue weighted by atomic mass is 9.75. The highest BCUT2D eigenvalue weighted by Crippen LogP contribution is 2.36. The van der Waals surface area contributed by atoms with Gasteiger partial charge in [-0.15, -0.1) is 0 Å². The fourth-order valence-corrected chi connectivity index (χ4v) is 2.78. The third kappa shape index (κ3) is 4.46. The first-order valence-electron chi connectivity index (χ1n) is 7.39. The molecule has 0 saturated heterocycles. The largest absolute Gasteiger partial charge is 0.368 e. The van der Waals surface area contributed by atoms with Gasteiger partial charge in [-0.3, -0.25) is 4.79 Å². The van der Waals surface area contributed by atoms with Crippen molar-refractivity contribution in [2.45, 2.75) is 64.5 Å². The van der Waals surface area contributed by atoms with Gasteiger partial charge in [-0.2, -0.15) is 0 Å². The van der Waals surface area contributed by atoms with Gasteiger partial charge < -0.3 is 16.0 Å². The summed E-state index contributed by atoms with van der Waals surface area (Å²) < 4.78 is 0. The molecule has 0 heterocycles. The second-order valence-electron chi connectivity index (χ2n) is 7.07. The molecular formula is C15H31N3O. The second-order valence-corrected chi connectivity index (χ2v) is 7.07. The van der Waals surface area contributed by atoms with Crippen molar-refractivity contribution in [3.05, 3.63) is 0 Å². The standard InChI is InChI=1S/C15H31N3O/c1-14(2)8-6-12(7-9-14)18(5)11-10-15(3,17-4)13(16)19/h12,17H,6-11H2,1-5H3,(H2,16,19). The SMILES string of the molecule is CNC(C)(CCN(C)C1CCC(C)(C)CC1)C(N)=O. The maximum atomic E-state index is 11.5. The summed E-state index contributed by atoms with van der Waals surface area (Å²) in [7, 11) is 3.97. The zero-order chi connectivity index (χ0) is 14.7. The van der Waals surface area contributed by atoms with E-state index >= 15 is 0 Å². The van der Waals surface area contributed by atoms with Gasteiger partial charge in [0.15, 0.2) is 0 Å². The lowest BCUT2D eigenvalue weighted by Crippen LogP contribution is -2.53. The molecule has 0 aromatic rings. The Morgan fingerprint density at radius 3 is 2.37 bits per heavy atom. The van der Waals surface area contributed by atoms with Crippen LogP contribution in [0.5, 0.6) is 0 Å². The normalized spacial score (nSPS) is 23.3. The molecule has 1 amide bonds. The number of carbonyl (C=O) groups is 1. The Kier molecular flexibility index (Phi) is 5.39. The van der Waals surface area contributed by atoms with Crippen LogP contribution in [0, 0.1) is 5.41 Å². The molecule has 0 spiro atoms. The van der Waals surface area contributed by atoms with Crippen LogP contribution in [-0.4, -0.2) is 43.0 Å². The number of amides is 1. The van der Waals surface area contributed by atoms with E-state index in [9.17, 15) is 4.79 Å². The Hall–Kier alpha value is -0.610. The fraction of sp³-hybridized carbons (Fsp3) is 0.933. The molecule has 1 aliphatic carbocycles. The Bertz CT molecular complexity index is 307. The van der Waals surface area contributed by atoms with Crippen LogP contribution >= 0.6 is 0 Å². The summed E-state index contributed by atoms with van der Waals surface area (Å²) in [6, 6.07) is 0.655. The quantitative estimate of drug-likeness (QED) is 0.772. The van der Waals surface area contributed by atoms with Gasteiger partial charge in [-0.25, -0.2) is 0 Å². The first-order chi connectivity index (χ1) is 8.70. The lowest BCUT2D eigenvalue weighted by molar-refractivity contribution is -0.124. The van der Waals surface area contributed by atoms with Crippen LogP contribution in [0.2, 0.25) is 0 Å². The molecule has 0 aliphatic heterocycles. The Morgan fingerprint density at radius 1 is 1.42 bits per heavy atom. The third-order valence-electron chi connectivity index (χ3n) is 4.99. The number of primary amides is 1. The zero-order valence-corrected chi connectivity index (χ0v) is 13.3. The number of nitrogens with one attached hydrogen (secondary N) is 1. The van der Waals surface area contributed by atoms with Crippen molar-refractivity contribution < 1.29 is 4.79 Å². The number of nitrogens with zero attached hydrogens (tertiary/aromatic N) is 1. The molecule has 19 heavy (non-hydrogen) atoms. The summed E-state index contributed by atoms with van der Waals surface area (Å²) in [5.41, 5.74) is 5.37. The topological polar surface area (TPSA) is 58.4 Å². The monoisotopic (exact) mass is 269 g/mol. The number of likely N-dealkylation sites (N-methyl/N-ethyl adjacent to an activating group) is 1. The Labute approximate surface area is 118 Å². The van der Waals surface area contributed by atoms with Gasteiger partial charge in [0.1, 0.15) is 0 Å². The van der Waals surface area contributed by atoms with Gasteiger partial charge in [0.2, 0.25) is 5.91 Å². The van der Waals surface area contributed by atoms with Crippen LogP contribution < -0.4 is 11.1 Å². The third-order valence-corrected chi connectivity index (χ3v) is 4.99. The van der Waals surface area contributed by atoms with Crippen molar-refractivity contribution in [1.82, 2.24) is 10.2 Å². The maximum Gasteiger partial charge on any atom is 0.237 e. The molecule has 112 valence electrons. The minimum atomic E-state index is -0.595. The van der Waals surface area contributed by atoms with Gasteiger partial charge in [0.05, 0.1) is 5.54 Å². The molecular weight excluding hydrogens is 238 g/mol. The van der Waals surface area contributed by atoms with Crippen molar-refractivity contribution >= 4 is 5.91 Å². The van der Waals surface area contributed by atoms with Gasteiger partial charge in [-0.05, 0) is 58.5 Å². The predicted molar refractivity (Wildman–Crippen MR) is 79.9 cm³/mol. The van der Waals surface area contributed by atoms with Crippen LogP contribution in [0.15, 0.2) is 0 Å². The lowest BCUT2D eigenvalue weighted by Gasteiger charge is -2.39. The Morgan fingerprint density at radius 2 is 1.95 bits per heavy atom. The summed E-state index contributed by atoms with van der Waals surface area (Å²) in [6.07, 6.45) is 5.87. The summed E-state index contributed by atoms with van der Waals surface area (Å²) in [5.74, 6) is -0.270. The van der Waals surface area contributed by atoms with Crippen molar-refractivity contribution in [3.63, 3.8) is 0 Å². The zero-order valence-electron chi connectivity index (χ0n) is 13.3. The van der Waals surface area contributed by atoms with Crippen molar-refractivity contribution in [2.75, 3.05) is 20.6 Å². The smallest absolute Gasteiger partial charge is 0.237 e. The van der Waals surface area contributed by atoms with E-state index in [1.165, 1.54) is 25.7 Å². The molecule has 0 bridgehead atoms. The molecule has 1 unspecified atom stereocenters. The van der Waals surface area contributed by atoms with Crippen molar-refractivity contribution in [2.24, 2.45) is 11.1 Å². The molecule has 4 heteroatoms. The number of carbonyl (C=O) groups excluding carboxylic acids is 1.